The zero-order valence-corrected chi connectivity index (χ0v) is 37.3. The van der Waals surface area contributed by atoms with Gasteiger partial charge in [-0.15, -0.1) is 0 Å². The molecule has 0 aromatic rings. The fourth-order valence-corrected chi connectivity index (χ4v) is 14.5. The summed E-state index contributed by atoms with van der Waals surface area (Å²) in [4.78, 5) is 13.1. The molecule has 15 heteroatoms. The molecule has 0 unspecified atom stereocenters. The van der Waals surface area contributed by atoms with Gasteiger partial charge in [-0.3, -0.25) is 4.79 Å². The van der Waals surface area contributed by atoms with Gasteiger partial charge >= 0.3 is 5.97 Å². The van der Waals surface area contributed by atoms with Gasteiger partial charge in [0.25, 0.3) is 0 Å². The van der Waals surface area contributed by atoms with E-state index in [1.54, 1.807) is 0 Å². The molecule has 21 atom stereocenters. The first-order valence-corrected chi connectivity index (χ1v) is 23.0. The molecule has 8 aliphatic rings. The highest BCUT2D eigenvalue weighted by atomic mass is 16.8. The van der Waals surface area contributed by atoms with Crippen LogP contribution in [0.4, 0.5) is 0 Å². The van der Waals surface area contributed by atoms with Crippen LogP contribution < -0.4 is 0 Å². The Labute approximate surface area is 360 Å². The molecule has 61 heavy (non-hydrogen) atoms. The van der Waals surface area contributed by atoms with Gasteiger partial charge in [-0.05, 0) is 116 Å². The topological polar surface area (TPSA) is 234 Å². The SMILES string of the molecule is C[C@@H]1O[C@@H](O[C@H]2[C@H](O[C@H]3CC[C@@]4(C)[C@H](CC[C@]5(C)[C@@H]4CC=C4[C@@H]6CC(C)(C)CC[C@]6(C(=O)O)CC[C@]45C)C3(C)C)OC[C@H](O)[C@@H]2O)[C@H](O)[C@H](O[C@@H]2OC[C@@H](O)[C@H](O)[C@H]2O)[C@H]1O. The predicted molar refractivity (Wildman–Crippen MR) is 217 cm³/mol. The molecule has 3 heterocycles. The minimum atomic E-state index is -1.69. The Bertz CT molecular complexity index is 1670. The highest BCUT2D eigenvalue weighted by Crippen LogP contribution is 2.76. The lowest BCUT2D eigenvalue weighted by Crippen LogP contribution is -2.66. The molecule has 8 rings (SSSR count). The van der Waals surface area contributed by atoms with E-state index in [9.17, 15) is 45.6 Å². The lowest BCUT2D eigenvalue weighted by Gasteiger charge is -2.71. The van der Waals surface area contributed by atoms with Crippen molar-refractivity contribution < 1.29 is 74.1 Å². The summed E-state index contributed by atoms with van der Waals surface area (Å²) in [5, 5.41) is 85.9. The molecule has 348 valence electrons. The van der Waals surface area contributed by atoms with E-state index in [-0.39, 0.29) is 58.2 Å². The average Bonchev–Trinajstić information content (AvgIpc) is 3.18. The summed E-state index contributed by atoms with van der Waals surface area (Å²) in [6.07, 6.45) is -7.57. The van der Waals surface area contributed by atoms with Crippen LogP contribution in [0, 0.1) is 50.2 Å². The fourth-order valence-electron chi connectivity index (χ4n) is 14.5. The number of hydrogen-bond donors (Lipinski definition) is 8. The van der Waals surface area contributed by atoms with E-state index in [0.717, 1.165) is 57.8 Å². The van der Waals surface area contributed by atoms with Gasteiger partial charge in [0.05, 0.1) is 30.8 Å². The number of ether oxygens (including phenoxy) is 6. The Morgan fingerprint density at radius 2 is 1.31 bits per heavy atom. The molecule has 0 aromatic heterocycles. The molecule has 3 saturated heterocycles. The highest BCUT2D eigenvalue weighted by Gasteiger charge is 2.69. The van der Waals surface area contributed by atoms with Crippen molar-refractivity contribution in [1.29, 1.82) is 0 Å². The number of allylic oxidation sites excluding steroid dienone is 2. The number of fused-ring (bicyclic) bond motifs is 7. The first-order valence-electron chi connectivity index (χ1n) is 23.0. The zero-order chi connectivity index (χ0) is 44.4. The zero-order valence-electron chi connectivity index (χ0n) is 37.3. The Kier molecular flexibility index (Phi) is 12.1. The van der Waals surface area contributed by atoms with E-state index in [4.69, 9.17) is 28.4 Å². The van der Waals surface area contributed by atoms with E-state index < -0.39 is 91.3 Å². The minimum absolute atomic E-state index is 0.0145. The van der Waals surface area contributed by atoms with Crippen molar-refractivity contribution in [1.82, 2.24) is 0 Å². The molecular formula is C46H74O15. The van der Waals surface area contributed by atoms with Crippen molar-refractivity contribution in [3.63, 3.8) is 0 Å². The highest BCUT2D eigenvalue weighted by molar-refractivity contribution is 5.76. The molecule has 0 amide bonds. The second-order valence-electron chi connectivity index (χ2n) is 22.6. The van der Waals surface area contributed by atoms with Crippen LogP contribution in [0.5, 0.6) is 0 Å². The fraction of sp³-hybridized carbons (Fsp3) is 0.935. The average molecular weight is 867 g/mol. The number of aliphatic carboxylic acids is 1. The van der Waals surface area contributed by atoms with Crippen molar-refractivity contribution in [3.8, 4) is 0 Å². The maximum atomic E-state index is 13.1. The summed E-state index contributed by atoms with van der Waals surface area (Å²) in [5.74, 6) is 0.0702. The quantitative estimate of drug-likeness (QED) is 0.136. The standard InChI is InChI=1S/C46H74O15/c1-22-30(49)35(60-37-33(52)31(50)25(47)20-56-37)34(53)38(58-22)61-36-32(51)26(48)21-57-39(36)59-29-12-13-43(6)27(42(29,4)5)11-14-45(8)28(43)10-9-23-24-19-41(2,3)15-17-46(24,40(54)55)18-16-44(23,45)7/h9,22,24-39,47-53H,10-21H2,1-8H3,(H,54,55)/t22-,24-,25+,26-,27+,28+,29-,30-,31-,32-,33+,34+,35+,36+,37-,38-,39-,43-,44+,45+,46-/m0/s1. The monoisotopic (exact) mass is 867 g/mol. The third-order valence-corrected chi connectivity index (χ3v) is 18.5. The Morgan fingerprint density at radius 1 is 0.672 bits per heavy atom. The third kappa shape index (κ3) is 7.21. The lowest BCUT2D eigenvalue weighted by molar-refractivity contribution is -0.378. The molecule has 8 N–H and O–H groups in total. The molecule has 7 fully saturated rings. The van der Waals surface area contributed by atoms with Crippen molar-refractivity contribution in [2.24, 2.45) is 50.2 Å². The smallest absolute Gasteiger partial charge is 0.310 e. The summed E-state index contributed by atoms with van der Waals surface area (Å²) in [6.45, 7) is 17.5. The van der Waals surface area contributed by atoms with Crippen LogP contribution >= 0.6 is 0 Å². The lowest BCUT2D eigenvalue weighted by atomic mass is 9.33. The molecular weight excluding hydrogens is 792 g/mol. The maximum Gasteiger partial charge on any atom is 0.310 e. The first kappa shape index (κ1) is 46.2. The normalized spacial score (nSPS) is 54.3. The second kappa shape index (κ2) is 15.9. The summed E-state index contributed by atoms with van der Waals surface area (Å²) in [6, 6.07) is 0. The van der Waals surface area contributed by atoms with Gasteiger partial charge in [0.2, 0.25) is 0 Å². The second-order valence-corrected chi connectivity index (χ2v) is 22.6. The Morgan fingerprint density at radius 3 is 2.00 bits per heavy atom. The summed E-state index contributed by atoms with van der Waals surface area (Å²) in [5.41, 5.74) is 0.298. The van der Waals surface area contributed by atoms with Gasteiger partial charge in [-0.25, -0.2) is 0 Å². The number of aliphatic hydroxyl groups excluding tert-OH is 7. The van der Waals surface area contributed by atoms with Crippen molar-refractivity contribution in [2.45, 2.75) is 206 Å². The number of hydrogen-bond acceptors (Lipinski definition) is 14. The van der Waals surface area contributed by atoms with Crippen molar-refractivity contribution >= 4 is 5.97 Å². The minimum Gasteiger partial charge on any atom is -0.481 e. The maximum absolute atomic E-state index is 13.1. The van der Waals surface area contributed by atoms with E-state index in [0.29, 0.717) is 12.3 Å². The van der Waals surface area contributed by atoms with E-state index in [2.05, 4.69) is 54.5 Å². The number of rotatable bonds is 7. The number of aliphatic hydroxyl groups is 7. The van der Waals surface area contributed by atoms with Crippen molar-refractivity contribution in [2.75, 3.05) is 13.2 Å². The van der Waals surface area contributed by atoms with Crippen LogP contribution in [0.3, 0.4) is 0 Å². The van der Waals surface area contributed by atoms with Crippen LogP contribution in [0.15, 0.2) is 11.6 Å². The Balaban J connectivity index is 1.00. The van der Waals surface area contributed by atoms with Gasteiger partial charge < -0.3 is 69.3 Å². The van der Waals surface area contributed by atoms with Gasteiger partial charge in [0, 0.05) is 0 Å². The molecule has 3 aliphatic heterocycles. The van der Waals surface area contributed by atoms with Crippen molar-refractivity contribution in [3.05, 3.63) is 11.6 Å². The molecule has 0 aromatic carbocycles. The van der Waals surface area contributed by atoms with Gasteiger partial charge in [0.1, 0.15) is 54.9 Å². The van der Waals surface area contributed by atoms with Crippen LogP contribution in [-0.2, 0) is 33.2 Å². The molecule has 0 radical (unpaired) electrons. The third-order valence-electron chi connectivity index (χ3n) is 18.5. The van der Waals surface area contributed by atoms with E-state index in [1.165, 1.54) is 12.5 Å². The summed E-state index contributed by atoms with van der Waals surface area (Å²) in [7, 11) is 0. The van der Waals surface area contributed by atoms with Crippen LogP contribution in [-0.4, -0.2) is 146 Å². The Hall–Kier alpha value is -1.31. The molecule has 15 nitrogen and oxygen atoms in total. The molecule has 0 bridgehead atoms. The predicted octanol–water partition coefficient (Wildman–Crippen LogP) is 3.01. The number of carboxylic acid groups (broad SMARTS) is 1. The molecule has 5 aliphatic carbocycles. The molecule has 0 spiro atoms. The van der Waals surface area contributed by atoms with Gasteiger partial charge in [-0.1, -0.05) is 60.1 Å². The number of carbonyl (C=O) groups is 1. The largest absolute Gasteiger partial charge is 0.481 e. The molecule has 4 saturated carbocycles. The first-order chi connectivity index (χ1) is 28.4. The van der Waals surface area contributed by atoms with Crippen LogP contribution in [0.2, 0.25) is 0 Å². The van der Waals surface area contributed by atoms with Crippen LogP contribution in [0.1, 0.15) is 120 Å². The number of carboxylic acids is 1. The van der Waals surface area contributed by atoms with E-state index >= 15 is 0 Å². The summed E-state index contributed by atoms with van der Waals surface area (Å²) < 4.78 is 36.2. The van der Waals surface area contributed by atoms with Gasteiger partial charge in [-0.2, -0.15) is 0 Å². The van der Waals surface area contributed by atoms with Crippen LogP contribution in [0.25, 0.3) is 0 Å². The van der Waals surface area contributed by atoms with E-state index in [1.807, 2.05) is 0 Å². The van der Waals surface area contributed by atoms with Gasteiger partial charge in [0.15, 0.2) is 18.9 Å². The summed E-state index contributed by atoms with van der Waals surface area (Å²) >= 11 is 0.